The van der Waals surface area contributed by atoms with Gasteiger partial charge in [0.15, 0.2) is 4.90 Å². The summed E-state index contributed by atoms with van der Waals surface area (Å²) in [6.45, 7) is 1.27. The van der Waals surface area contributed by atoms with E-state index in [4.69, 9.17) is 4.74 Å². The van der Waals surface area contributed by atoms with Crippen molar-refractivity contribution in [2.24, 2.45) is 14.1 Å². The molecule has 11 heteroatoms. The van der Waals surface area contributed by atoms with E-state index in [-0.39, 0.29) is 6.54 Å². The lowest BCUT2D eigenvalue weighted by atomic mass is 10.3. The predicted octanol–water partition coefficient (Wildman–Crippen LogP) is 0.132. The number of aromatic nitrogens is 2. The highest BCUT2D eigenvalue weighted by molar-refractivity contribution is 7.89. The number of aryl methyl sites for hydroxylation is 1. The van der Waals surface area contributed by atoms with Gasteiger partial charge in [-0.25, -0.2) is 13.2 Å². The number of nitrogens with one attached hydrogen (secondary N) is 1. The van der Waals surface area contributed by atoms with E-state index in [2.05, 4.69) is 5.32 Å². The monoisotopic (exact) mass is 424 g/mol. The Labute approximate surface area is 168 Å². The first-order chi connectivity index (χ1) is 13.6. The second kappa shape index (κ2) is 9.05. The van der Waals surface area contributed by atoms with Crippen LogP contribution in [-0.2, 0) is 28.9 Å². The Balaban J connectivity index is 2.37. The fourth-order valence-corrected chi connectivity index (χ4v) is 4.36. The third kappa shape index (κ3) is 4.74. The average molecular weight is 424 g/mol. The smallest absolute Gasteiger partial charge is 0.330 e. The molecule has 0 saturated heterocycles. The number of nitrogens with zero attached hydrogens (tertiary/aromatic N) is 3. The van der Waals surface area contributed by atoms with Crippen LogP contribution in [0.15, 0.2) is 44.9 Å². The summed E-state index contributed by atoms with van der Waals surface area (Å²) in [4.78, 5) is 36.2. The zero-order valence-electron chi connectivity index (χ0n) is 16.7. The van der Waals surface area contributed by atoms with Crippen molar-refractivity contribution >= 4 is 21.6 Å². The quantitative estimate of drug-likeness (QED) is 0.643. The number of carbonyl (C=O) groups excluding carboxylic acids is 1. The molecule has 1 amide bonds. The van der Waals surface area contributed by atoms with Gasteiger partial charge in [-0.2, -0.15) is 4.31 Å². The van der Waals surface area contributed by atoms with E-state index in [1.165, 1.54) is 21.2 Å². The van der Waals surface area contributed by atoms with E-state index in [0.29, 0.717) is 22.4 Å². The molecule has 0 atom stereocenters. The number of amides is 1. The molecule has 0 spiro atoms. The first-order valence-corrected chi connectivity index (χ1v) is 10.3. The molecule has 1 aromatic heterocycles. The van der Waals surface area contributed by atoms with Crippen molar-refractivity contribution in [3.63, 3.8) is 0 Å². The van der Waals surface area contributed by atoms with Crippen LogP contribution in [0.2, 0.25) is 0 Å². The molecule has 0 fully saturated rings. The Morgan fingerprint density at radius 2 is 1.86 bits per heavy atom. The molecule has 0 aliphatic carbocycles. The Hall–Kier alpha value is -2.92. The van der Waals surface area contributed by atoms with Crippen LogP contribution in [0.5, 0.6) is 5.75 Å². The number of rotatable bonds is 8. The maximum absolute atomic E-state index is 13.1. The molecule has 0 radical (unpaired) electrons. The highest BCUT2D eigenvalue weighted by Gasteiger charge is 2.30. The molecule has 158 valence electrons. The zero-order valence-corrected chi connectivity index (χ0v) is 17.5. The van der Waals surface area contributed by atoms with E-state index in [1.54, 1.807) is 31.2 Å². The van der Waals surface area contributed by atoms with Gasteiger partial charge in [0, 0.05) is 26.8 Å². The highest BCUT2D eigenvalue weighted by Crippen LogP contribution is 2.23. The van der Waals surface area contributed by atoms with Gasteiger partial charge in [-0.3, -0.25) is 14.2 Å². The van der Waals surface area contributed by atoms with E-state index in [1.807, 2.05) is 0 Å². The van der Waals surface area contributed by atoms with Crippen LogP contribution in [0, 0.1) is 0 Å². The number of hydrogen-bond acceptors (Lipinski definition) is 6. The van der Waals surface area contributed by atoms with Crippen molar-refractivity contribution in [3.05, 3.63) is 51.3 Å². The Morgan fingerprint density at radius 3 is 2.48 bits per heavy atom. The number of carbonyl (C=O) groups is 1. The fraction of sp³-hybridized carbons (Fsp3) is 0.389. The van der Waals surface area contributed by atoms with Crippen molar-refractivity contribution in [1.82, 2.24) is 13.4 Å². The van der Waals surface area contributed by atoms with Gasteiger partial charge in [-0.15, -0.1) is 0 Å². The van der Waals surface area contributed by atoms with Crippen LogP contribution >= 0.6 is 0 Å². The number of ether oxygens (including phenoxy) is 1. The number of sulfonamides is 1. The van der Waals surface area contributed by atoms with Gasteiger partial charge < -0.3 is 14.6 Å². The van der Waals surface area contributed by atoms with Gasteiger partial charge in [-0.1, -0.05) is 19.1 Å². The summed E-state index contributed by atoms with van der Waals surface area (Å²) in [7, 11) is -0.315. The summed E-state index contributed by atoms with van der Waals surface area (Å²) in [6.07, 6.45) is 1.40. The molecule has 2 rings (SSSR count). The van der Waals surface area contributed by atoms with Crippen molar-refractivity contribution in [2.45, 2.75) is 18.2 Å². The second-order valence-corrected chi connectivity index (χ2v) is 8.24. The zero-order chi connectivity index (χ0) is 21.8. The molecule has 2 aromatic rings. The molecule has 1 N–H and O–H groups in total. The fourth-order valence-electron chi connectivity index (χ4n) is 2.72. The van der Waals surface area contributed by atoms with Crippen molar-refractivity contribution in [2.75, 3.05) is 25.5 Å². The standard InChI is InChI=1S/C18H24N4O6S/c1-5-10-22(12-16(23)19-13-8-6-7-9-14(13)28-4)29(26,27)15-11-20(2)18(25)21(3)17(15)24/h6-9,11H,5,10,12H2,1-4H3,(H,19,23). The lowest BCUT2D eigenvalue weighted by molar-refractivity contribution is -0.116. The number of para-hydroxylation sites is 2. The first-order valence-electron chi connectivity index (χ1n) is 8.83. The molecule has 0 bridgehead atoms. The average Bonchev–Trinajstić information content (AvgIpc) is 2.69. The first kappa shape index (κ1) is 22.4. The molecule has 0 aliphatic heterocycles. The van der Waals surface area contributed by atoms with Crippen molar-refractivity contribution in [1.29, 1.82) is 0 Å². The van der Waals surface area contributed by atoms with Gasteiger partial charge in [0.25, 0.3) is 15.6 Å². The second-order valence-electron chi connectivity index (χ2n) is 6.34. The minimum Gasteiger partial charge on any atom is -0.495 e. The normalized spacial score (nSPS) is 11.5. The summed E-state index contributed by atoms with van der Waals surface area (Å²) in [5.41, 5.74) is -1.20. The molecule has 0 aliphatic rings. The largest absolute Gasteiger partial charge is 0.495 e. The van der Waals surface area contributed by atoms with Crippen LogP contribution in [0.4, 0.5) is 5.69 Å². The molecular weight excluding hydrogens is 400 g/mol. The maximum atomic E-state index is 13.1. The van der Waals surface area contributed by atoms with Crippen LogP contribution < -0.4 is 21.3 Å². The van der Waals surface area contributed by atoms with Crippen LogP contribution in [0.3, 0.4) is 0 Å². The summed E-state index contributed by atoms with van der Waals surface area (Å²) < 4.78 is 33.9. The van der Waals surface area contributed by atoms with E-state index < -0.39 is 38.6 Å². The lowest BCUT2D eigenvalue weighted by Crippen LogP contribution is -2.44. The van der Waals surface area contributed by atoms with Crippen molar-refractivity contribution in [3.8, 4) is 5.75 Å². The minimum atomic E-state index is -4.31. The Morgan fingerprint density at radius 1 is 1.21 bits per heavy atom. The third-order valence-corrected chi connectivity index (χ3v) is 6.03. The number of methoxy groups -OCH3 is 1. The van der Waals surface area contributed by atoms with Crippen LogP contribution in [0.1, 0.15) is 13.3 Å². The summed E-state index contributed by atoms with van der Waals surface area (Å²) in [6, 6.07) is 6.72. The van der Waals surface area contributed by atoms with Gasteiger partial charge in [0.05, 0.1) is 19.3 Å². The SMILES string of the molecule is CCCN(CC(=O)Nc1ccccc1OC)S(=O)(=O)c1cn(C)c(=O)n(C)c1=O. The third-order valence-electron chi connectivity index (χ3n) is 4.21. The van der Waals surface area contributed by atoms with Crippen LogP contribution in [0.25, 0.3) is 0 Å². The molecular formula is C18H24N4O6S. The van der Waals surface area contributed by atoms with Gasteiger partial charge in [0.2, 0.25) is 5.91 Å². The molecule has 0 saturated carbocycles. The predicted molar refractivity (Wildman–Crippen MR) is 108 cm³/mol. The molecule has 0 unspecified atom stereocenters. The highest BCUT2D eigenvalue weighted by atomic mass is 32.2. The Kier molecular flexibility index (Phi) is 6.98. The molecule has 1 aromatic carbocycles. The van der Waals surface area contributed by atoms with E-state index in [0.717, 1.165) is 15.1 Å². The summed E-state index contributed by atoms with van der Waals surface area (Å²) in [5, 5.41) is 2.61. The number of anilines is 1. The number of benzene rings is 1. The number of hydrogen-bond donors (Lipinski definition) is 1. The molecule has 29 heavy (non-hydrogen) atoms. The lowest BCUT2D eigenvalue weighted by Gasteiger charge is -2.21. The topological polar surface area (TPSA) is 120 Å². The minimum absolute atomic E-state index is 0.0215. The maximum Gasteiger partial charge on any atom is 0.330 e. The van der Waals surface area contributed by atoms with Gasteiger partial charge in [0.1, 0.15) is 5.75 Å². The molecule has 10 nitrogen and oxygen atoms in total. The summed E-state index contributed by atoms with van der Waals surface area (Å²) >= 11 is 0. The summed E-state index contributed by atoms with van der Waals surface area (Å²) in [5.74, 6) is -0.161. The van der Waals surface area contributed by atoms with Crippen molar-refractivity contribution < 1.29 is 17.9 Å². The Bertz CT molecular complexity index is 1120. The van der Waals surface area contributed by atoms with Gasteiger partial charge >= 0.3 is 5.69 Å². The molecule has 1 heterocycles. The van der Waals surface area contributed by atoms with Crippen LogP contribution in [-0.4, -0.2) is 48.0 Å². The van der Waals surface area contributed by atoms with E-state index >= 15 is 0 Å². The van der Waals surface area contributed by atoms with Gasteiger partial charge in [-0.05, 0) is 18.6 Å². The van der Waals surface area contributed by atoms with E-state index in [9.17, 15) is 22.8 Å².